The van der Waals surface area contributed by atoms with Gasteiger partial charge in [-0.05, 0) is 26.3 Å². The van der Waals surface area contributed by atoms with E-state index in [2.05, 4.69) is 34.5 Å². The lowest BCUT2D eigenvalue weighted by molar-refractivity contribution is 0.249. The Labute approximate surface area is 135 Å². The van der Waals surface area contributed by atoms with Crippen LogP contribution in [0.2, 0.25) is 0 Å². The number of hydrogen-bond acceptors (Lipinski definition) is 2. The molecule has 0 saturated heterocycles. The Balaban J connectivity index is 0.00000324. The summed E-state index contributed by atoms with van der Waals surface area (Å²) in [5.41, 5.74) is 0. The van der Waals surface area contributed by atoms with E-state index in [0.717, 1.165) is 31.6 Å². The Morgan fingerprint density at radius 2 is 1.84 bits per heavy atom. The minimum Gasteiger partial charge on any atom is -0.356 e. The van der Waals surface area contributed by atoms with Gasteiger partial charge >= 0.3 is 0 Å². The fourth-order valence-electron chi connectivity index (χ4n) is 2.48. The van der Waals surface area contributed by atoms with E-state index >= 15 is 0 Å². The maximum atomic E-state index is 4.23. The second-order valence-electron chi connectivity index (χ2n) is 5.20. The number of unbranched alkanes of at least 4 members (excludes halogenated alkanes) is 1. The quantitative estimate of drug-likeness (QED) is 0.308. The van der Waals surface area contributed by atoms with Crippen molar-refractivity contribution < 1.29 is 0 Å². The SMILES string of the molecule is CCCCNC(=NC)NCCN(C)C1CCCC1.I. The van der Waals surface area contributed by atoms with E-state index < -0.39 is 0 Å². The minimum atomic E-state index is 0. The molecular formula is C14H31IN4. The lowest BCUT2D eigenvalue weighted by atomic mass is 10.2. The summed E-state index contributed by atoms with van der Waals surface area (Å²) in [6.45, 7) is 5.28. The van der Waals surface area contributed by atoms with E-state index in [1.165, 1.54) is 38.5 Å². The first-order valence-corrected chi connectivity index (χ1v) is 7.42. The molecule has 2 N–H and O–H groups in total. The van der Waals surface area contributed by atoms with Crippen LogP contribution in [0.5, 0.6) is 0 Å². The van der Waals surface area contributed by atoms with Gasteiger partial charge in [0.2, 0.25) is 0 Å². The topological polar surface area (TPSA) is 39.7 Å². The van der Waals surface area contributed by atoms with Crippen LogP contribution in [-0.2, 0) is 0 Å². The molecule has 0 unspecified atom stereocenters. The first-order chi connectivity index (χ1) is 8.77. The van der Waals surface area contributed by atoms with Crippen LogP contribution in [0.25, 0.3) is 0 Å². The normalized spacial score (nSPS) is 16.5. The molecule has 1 saturated carbocycles. The number of hydrogen-bond donors (Lipinski definition) is 2. The largest absolute Gasteiger partial charge is 0.356 e. The fraction of sp³-hybridized carbons (Fsp3) is 0.929. The van der Waals surface area contributed by atoms with Crippen LogP contribution < -0.4 is 10.6 Å². The van der Waals surface area contributed by atoms with Crippen molar-refractivity contribution in [3.8, 4) is 0 Å². The number of rotatable bonds is 7. The molecule has 0 aromatic heterocycles. The third-order valence-electron chi connectivity index (χ3n) is 3.75. The summed E-state index contributed by atoms with van der Waals surface area (Å²) in [5.74, 6) is 0.934. The predicted octanol–water partition coefficient (Wildman–Crippen LogP) is 2.44. The van der Waals surface area contributed by atoms with Crippen molar-refractivity contribution in [3.05, 3.63) is 0 Å². The zero-order valence-electron chi connectivity index (χ0n) is 12.7. The average Bonchev–Trinajstić information content (AvgIpc) is 2.91. The van der Waals surface area contributed by atoms with E-state index in [-0.39, 0.29) is 24.0 Å². The molecule has 0 heterocycles. The number of nitrogens with one attached hydrogen (secondary N) is 2. The number of likely N-dealkylation sites (N-methyl/N-ethyl adjacent to an activating group) is 1. The number of aliphatic imine (C=N–C) groups is 1. The highest BCUT2D eigenvalue weighted by Gasteiger charge is 2.18. The monoisotopic (exact) mass is 382 g/mol. The van der Waals surface area contributed by atoms with E-state index in [9.17, 15) is 0 Å². The molecule has 19 heavy (non-hydrogen) atoms. The van der Waals surface area contributed by atoms with Crippen LogP contribution in [0.15, 0.2) is 4.99 Å². The molecule has 0 atom stereocenters. The van der Waals surface area contributed by atoms with Crippen molar-refractivity contribution in [2.45, 2.75) is 51.5 Å². The summed E-state index contributed by atoms with van der Waals surface area (Å²) < 4.78 is 0. The first-order valence-electron chi connectivity index (χ1n) is 7.42. The molecule has 114 valence electrons. The van der Waals surface area contributed by atoms with Gasteiger partial charge in [-0.15, -0.1) is 24.0 Å². The Bertz CT molecular complexity index is 240. The molecule has 0 spiro atoms. The smallest absolute Gasteiger partial charge is 0.191 e. The Morgan fingerprint density at radius 3 is 2.42 bits per heavy atom. The molecule has 4 nitrogen and oxygen atoms in total. The molecule has 0 aromatic carbocycles. The number of nitrogens with zero attached hydrogens (tertiary/aromatic N) is 2. The summed E-state index contributed by atoms with van der Waals surface area (Å²) >= 11 is 0. The Hall–Kier alpha value is -0.0400. The van der Waals surface area contributed by atoms with Crippen LogP contribution in [-0.4, -0.2) is 50.6 Å². The Morgan fingerprint density at radius 1 is 1.21 bits per heavy atom. The van der Waals surface area contributed by atoms with Gasteiger partial charge in [0, 0.05) is 32.7 Å². The maximum Gasteiger partial charge on any atom is 0.191 e. The zero-order valence-corrected chi connectivity index (χ0v) is 15.1. The highest BCUT2D eigenvalue weighted by molar-refractivity contribution is 14.0. The van der Waals surface area contributed by atoms with Gasteiger partial charge in [-0.1, -0.05) is 26.2 Å². The molecule has 0 aromatic rings. The van der Waals surface area contributed by atoms with Gasteiger partial charge in [-0.2, -0.15) is 0 Å². The molecular weight excluding hydrogens is 351 g/mol. The third kappa shape index (κ3) is 7.97. The molecule has 0 radical (unpaired) electrons. The lowest BCUT2D eigenvalue weighted by Gasteiger charge is -2.24. The highest BCUT2D eigenvalue weighted by Crippen LogP contribution is 2.21. The fourth-order valence-corrected chi connectivity index (χ4v) is 2.48. The van der Waals surface area contributed by atoms with Gasteiger partial charge in [0.05, 0.1) is 0 Å². The highest BCUT2D eigenvalue weighted by atomic mass is 127. The van der Waals surface area contributed by atoms with Gasteiger partial charge in [-0.3, -0.25) is 4.99 Å². The molecule has 0 aliphatic heterocycles. The molecule has 1 aliphatic carbocycles. The van der Waals surface area contributed by atoms with E-state index in [1.807, 2.05) is 7.05 Å². The zero-order chi connectivity index (χ0) is 13.2. The van der Waals surface area contributed by atoms with Crippen molar-refractivity contribution in [2.75, 3.05) is 33.7 Å². The summed E-state index contributed by atoms with van der Waals surface area (Å²) in [5, 5.41) is 6.71. The third-order valence-corrected chi connectivity index (χ3v) is 3.75. The summed E-state index contributed by atoms with van der Waals surface area (Å²) in [6.07, 6.45) is 7.97. The average molecular weight is 382 g/mol. The molecule has 5 heteroatoms. The van der Waals surface area contributed by atoms with Gasteiger partial charge in [0.1, 0.15) is 0 Å². The second kappa shape index (κ2) is 11.8. The van der Waals surface area contributed by atoms with Crippen LogP contribution in [0, 0.1) is 0 Å². The van der Waals surface area contributed by atoms with Crippen LogP contribution in [0.3, 0.4) is 0 Å². The van der Waals surface area contributed by atoms with Crippen molar-refractivity contribution in [2.24, 2.45) is 4.99 Å². The van der Waals surface area contributed by atoms with Gasteiger partial charge in [0.15, 0.2) is 5.96 Å². The maximum absolute atomic E-state index is 4.23. The predicted molar refractivity (Wildman–Crippen MR) is 94.6 cm³/mol. The summed E-state index contributed by atoms with van der Waals surface area (Å²) in [6, 6.07) is 0.807. The number of guanidine groups is 1. The summed E-state index contributed by atoms with van der Waals surface area (Å²) in [7, 11) is 4.08. The molecule has 0 amide bonds. The lowest BCUT2D eigenvalue weighted by Crippen LogP contribution is -2.42. The Kier molecular flexibility index (Phi) is 11.7. The first kappa shape index (κ1) is 19.0. The van der Waals surface area contributed by atoms with Crippen molar-refractivity contribution in [1.82, 2.24) is 15.5 Å². The molecule has 1 rings (SSSR count). The minimum absolute atomic E-state index is 0. The summed E-state index contributed by atoms with van der Waals surface area (Å²) in [4.78, 5) is 6.72. The number of halogens is 1. The standard InChI is InChI=1S/C14H30N4.HI/c1-4-5-10-16-14(15-2)17-11-12-18(3)13-8-6-7-9-13;/h13H,4-12H2,1-3H3,(H2,15,16,17);1H. The van der Waals surface area contributed by atoms with E-state index in [1.54, 1.807) is 0 Å². The van der Waals surface area contributed by atoms with Crippen molar-refractivity contribution in [3.63, 3.8) is 0 Å². The van der Waals surface area contributed by atoms with Crippen LogP contribution >= 0.6 is 24.0 Å². The molecule has 1 aliphatic rings. The van der Waals surface area contributed by atoms with Crippen molar-refractivity contribution >= 4 is 29.9 Å². The van der Waals surface area contributed by atoms with Crippen molar-refractivity contribution in [1.29, 1.82) is 0 Å². The molecule has 1 fully saturated rings. The molecule has 0 bridgehead atoms. The van der Waals surface area contributed by atoms with E-state index in [4.69, 9.17) is 0 Å². The van der Waals surface area contributed by atoms with Crippen LogP contribution in [0.1, 0.15) is 45.4 Å². The van der Waals surface area contributed by atoms with Gasteiger partial charge in [0.25, 0.3) is 0 Å². The van der Waals surface area contributed by atoms with E-state index in [0.29, 0.717) is 0 Å². The second-order valence-corrected chi connectivity index (χ2v) is 5.20. The van der Waals surface area contributed by atoms with Gasteiger partial charge < -0.3 is 15.5 Å². The van der Waals surface area contributed by atoms with Crippen LogP contribution in [0.4, 0.5) is 0 Å². The van der Waals surface area contributed by atoms with Gasteiger partial charge in [-0.25, -0.2) is 0 Å².